The summed E-state index contributed by atoms with van der Waals surface area (Å²) in [5.41, 5.74) is 1.68. The highest BCUT2D eigenvalue weighted by Gasteiger charge is 2.19. The monoisotopic (exact) mass is 319 g/mol. The van der Waals surface area contributed by atoms with E-state index in [9.17, 15) is 4.79 Å². The third-order valence-corrected chi connectivity index (χ3v) is 3.82. The van der Waals surface area contributed by atoms with Gasteiger partial charge >= 0.3 is 6.09 Å². The average molecular weight is 319 g/mol. The van der Waals surface area contributed by atoms with E-state index in [1.807, 2.05) is 39.0 Å². The normalized spacial score (nSPS) is 19.2. The fourth-order valence-electron chi connectivity index (χ4n) is 2.80. The second-order valence-corrected chi connectivity index (χ2v) is 7.26. The van der Waals surface area contributed by atoms with E-state index in [1.54, 1.807) is 0 Å². The van der Waals surface area contributed by atoms with Crippen LogP contribution < -0.4 is 10.6 Å². The molecular weight excluding hydrogens is 290 g/mol. The lowest BCUT2D eigenvalue weighted by molar-refractivity contribution is 0.0523. The number of carbonyl (C=O) groups is 1. The number of para-hydroxylation sites is 1. The van der Waals surface area contributed by atoms with Crippen molar-refractivity contribution >= 4 is 11.8 Å². The molecule has 0 aliphatic carbocycles. The Labute approximate surface area is 139 Å². The number of amides is 1. The second-order valence-electron chi connectivity index (χ2n) is 7.26. The van der Waals surface area contributed by atoms with E-state index in [1.165, 1.54) is 19.4 Å². The zero-order valence-corrected chi connectivity index (χ0v) is 14.7. The summed E-state index contributed by atoms with van der Waals surface area (Å²) in [4.78, 5) is 14.2. The van der Waals surface area contributed by atoms with Gasteiger partial charge in [0.1, 0.15) is 5.60 Å². The first-order chi connectivity index (χ1) is 10.8. The molecule has 1 atom stereocenters. The van der Waals surface area contributed by atoms with Gasteiger partial charge < -0.3 is 20.3 Å². The maximum atomic E-state index is 11.8. The number of anilines is 1. The molecule has 1 unspecified atom stereocenters. The molecule has 1 aromatic carbocycles. The second kappa shape index (κ2) is 7.68. The van der Waals surface area contributed by atoms with Crippen molar-refractivity contribution in [2.24, 2.45) is 0 Å². The minimum absolute atomic E-state index is 0.385. The Hall–Kier alpha value is -1.75. The highest BCUT2D eigenvalue weighted by atomic mass is 16.6. The molecule has 2 N–H and O–H groups in total. The number of likely N-dealkylation sites (tertiary alicyclic amines) is 1. The molecule has 1 aromatic rings. The molecule has 128 valence electrons. The Kier molecular flexibility index (Phi) is 5.88. The number of nitrogens with zero attached hydrogens (tertiary/aromatic N) is 1. The summed E-state index contributed by atoms with van der Waals surface area (Å²) in [6, 6.07) is 8.57. The highest BCUT2D eigenvalue weighted by Crippen LogP contribution is 2.19. The van der Waals surface area contributed by atoms with Crippen molar-refractivity contribution < 1.29 is 9.53 Å². The van der Waals surface area contributed by atoms with Crippen molar-refractivity contribution in [1.29, 1.82) is 0 Å². The van der Waals surface area contributed by atoms with Crippen LogP contribution in [0.1, 0.15) is 39.2 Å². The summed E-state index contributed by atoms with van der Waals surface area (Å²) >= 11 is 0. The number of hydrogen-bond acceptors (Lipinski definition) is 4. The van der Waals surface area contributed by atoms with Gasteiger partial charge in [0.25, 0.3) is 0 Å². The van der Waals surface area contributed by atoms with Gasteiger partial charge in [-0.1, -0.05) is 18.2 Å². The van der Waals surface area contributed by atoms with Crippen molar-refractivity contribution in [2.45, 2.75) is 51.8 Å². The summed E-state index contributed by atoms with van der Waals surface area (Å²) in [5, 5.41) is 6.45. The molecule has 0 saturated carbocycles. The molecule has 5 heteroatoms. The molecule has 23 heavy (non-hydrogen) atoms. The first kappa shape index (κ1) is 17.6. The number of likely N-dealkylation sites (N-methyl/N-ethyl adjacent to an activating group) is 1. The first-order valence-electron chi connectivity index (χ1n) is 8.33. The SMILES string of the molecule is CN1CCCC(Nc2ccccc2CNC(=O)OC(C)(C)C)C1. The number of hydrogen-bond donors (Lipinski definition) is 2. The van der Waals surface area contributed by atoms with Crippen LogP contribution in [0.4, 0.5) is 10.5 Å². The Bertz CT molecular complexity index is 525. The van der Waals surface area contributed by atoms with Gasteiger partial charge in [0.2, 0.25) is 0 Å². The van der Waals surface area contributed by atoms with E-state index in [2.05, 4.69) is 28.6 Å². The molecule has 0 radical (unpaired) electrons. The molecule has 0 bridgehead atoms. The molecule has 0 aromatic heterocycles. The van der Waals surface area contributed by atoms with Crippen LogP contribution in [0.5, 0.6) is 0 Å². The number of ether oxygens (including phenoxy) is 1. The quantitative estimate of drug-likeness (QED) is 0.895. The lowest BCUT2D eigenvalue weighted by Crippen LogP contribution is -2.40. The minimum atomic E-state index is -0.478. The number of nitrogens with one attached hydrogen (secondary N) is 2. The first-order valence-corrected chi connectivity index (χ1v) is 8.33. The Balaban J connectivity index is 1.93. The fraction of sp³-hybridized carbons (Fsp3) is 0.611. The van der Waals surface area contributed by atoms with Gasteiger partial charge in [-0.3, -0.25) is 0 Å². The van der Waals surface area contributed by atoms with E-state index in [0.29, 0.717) is 12.6 Å². The van der Waals surface area contributed by atoms with E-state index in [4.69, 9.17) is 4.74 Å². The van der Waals surface area contributed by atoms with Gasteiger partial charge in [-0.25, -0.2) is 4.79 Å². The molecule has 1 aliphatic heterocycles. The molecule has 1 saturated heterocycles. The predicted molar refractivity (Wildman–Crippen MR) is 93.7 cm³/mol. The maximum absolute atomic E-state index is 11.8. The van der Waals surface area contributed by atoms with Crippen LogP contribution in [0.3, 0.4) is 0 Å². The van der Waals surface area contributed by atoms with Crippen molar-refractivity contribution in [3.8, 4) is 0 Å². The van der Waals surface area contributed by atoms with Crippen molar-refractivity contribution in [3.63, 3.8) is 0 Å². The van der Waals surface area contributed by atoms with Crippen LogP contribution in [0.15, 0.2) is 24.3 Å². The lowest BCUT2D eigenvalue weighted by Gasteiger charge is -2.31. The summed E-state index contributed by atoms with van der Waals surface area (Å²) in [7, 11) is 2.16. The zero-order valence-electron chi connectivity index (χ0n) is 14.7. The fourth-order valence-corrected chi connectivity index (χ4v) is 2.80. The largest absolute Gasteiger partial charge is 0.444 e. The van der Waals surface area contributed by atoms with Gasteiger partial charge in [0, 0.05) is 24.8 Å². The summed E-state index contributed by atoms with van der Waals surface area (Å²) in [5.74, 6) is 0. The van der Waals surface area contributed by atoms with Gasteiger partial charge in [-0.15, -0.1) is 0 Å². The molecule has 1 aliphatic rings. The number of alkyl carbamates (subject to hydrolysis) is 1. The third kappa shape index (κ3) is 6.10. The Morgan fingerprint density at radius 1 is 1.35 bits per heavy atom. The van der Waals surface area contributed by atoms with Crippen LogP contribution in [-0.2, 0) is 11.3 Å². The Morgan fingerprint density at radius 3 is 2.78 bits per heavy atom. The van der Waals surface area contributed by atoms with Crippen LogP contribution >= 0.6 is 0 Å². The molecule has 0 spiro atoms. The van der Waals surface area contributed by atoms with Crippen LogP contribution in [0, 0.1) is 0 Å². The van der Waals surface area contributed by atoms with Crippen LogP contribution in [0.2, 0.25) is 0 Å². The average Bonchev–Trinajstić information content (AvgIpc) is 2.44. The molecule has 5 nitrogen and oxygen atoms in total. The van der Waals surface area contributed by atoms with Crippen molar-refractivity contribution in [1.82, 2.24) is 10.2 Å². The smallest absolute Gasteiger partial charge is 0.407 e. The predicted octanol–water partition coefficient (Wildman–Crippen LogP) is 3.22. The number of carbonyl (C=O) groups excluding carboxylic acids is 1. The van der Waals surface area contributed by atoms with E-state index < -0.39 is 5.60 Å². The third-order valence-electron chi connectivity index (χ3n) is 3.82. The molecule has 1 amide bonds. The highest BCUT2D eigenvalue weighted by molar-refractivity contribution is 5.68. The summed E-state index contributed by atoms with van der Waals surface area (Å²) in [6.07, 6.45) is 2.01. The number of benzene rings is 1. The van der Waals surface area contributed by atoms with Crippen LogP contribution in [-0.4, -0.2) is 42.8 Å². The lowest BCUT2D eigenvalue weighted by atomic mass is 10.0. The molecule has 1 heterocycles. The molecule has 2 rings (SSSR count). The summed E-state index contributed by atoms with van der Waals surface area (Å²) in [6.45, 7) is 8.26. The van der Waals surface area contributed by atoms with Gasteiger partial charge in [0.05, 0.1) is 0 Å². The molecular formula is C18H29N3O2. The van der Waals surface area contributed by atoms with Gasteiger partial charge in [0.15, 0.2) is 0 Å². The van der Waals surface area contributed by atoms with E-state index in [0.717, 1.165) is 17.8 Å². The standard InChI is InChI=1S/C18H29N3O2/c1-18(2,3)23-17(22)19-12-14-8-5-6-10-16(14)20-15-9-7-11-21(4)13-15/h5-6,8,10,15,20H,7,9,11-13H2,1-4H3,(H,19,22). The molecule has 1 fully saturated rings. The number of piperidine rings is 1. The van der Waals surface area contributed by atoms with E-state index in [-0.39, 0.29) is 6.09 Å². The van der Waals surface area contributed by atoms with Gasteiger partial charge in [-0.2, -0.15) is 0 Å². The maximum Gasteiger partial charge on any atom is 0.407 e. The van der Waals surface area contributed by atoms with Crippen LogP contribution in [0.25, 0.3) is 0 Å². The van der Waals surface area contributed by atoms with Crippen molar-refractivity contribution in [2.75, 3.05) is 25.5 Å². The zero-order chi connectivity index (χ0) is 16.9. The minimum Gasteiger partial charge on any atom is -0.444 e. The summed E-state index contributed by atoms with van der Waals surface area (Å²) < 4.78 is 5.29. The number of rotatable bonds is 4. The van der Waals surface area contributed by atoms with Gasteiger partial charge in [-0.05, 0) is 58.8 Å². The Morgan fingerprint density at radius 2 is 2.09 bits per heavy atom. The topological polar surface area (TPSA) is 53.6 Å². The van der Waals surface area contributed by atoms with E-state index >= 15 is 0 Å². The van der Waals surface area contributed by atoms with Crippen molar-refractivity contribution in [3.05, 3.63) is 29.8 Å².